The van der Waals surface area contributed by atoms with Crippen molar-refractivity contribution in [2.75, 3.05) is 18.9 Å². The van der Waals surface area contributed by atoms with E-state index in [0.717, 1.165) is 44.2 Å². The Labute approximate surface area is 176 Å². The molecule has 0 radical (unpaired) electrons. The Balaban J connectivity index is 1.29. The summed E-state index contributed by atoms with van der Waals surface area (Å²) in [6.07, 6.45) is 6.96. The highest BCUT2D eigenvalue weighted by atomic mass is 19.1. The number of nitrogens with zero attached hydrogens (tertiary/aromatic N) is 1. The van der Waals surface area contributed by atoms with E-state index in [1.54, 1.807) is 29.2 Å². The largest absolute Gasteiger partial charge is 0.325 e. The van der Waals surface area contributed by atoms with Crippen molar-refractivity contribution in [2.45, 2.75) is 50.6 Å². The van der Waals surface area contributed by atoms with Crippen molar-refractivity contribution in [2.24, 2.45) is 5.92 Å². The van der Waals surface area contributed by atoms with E-state index in [-0.39, 0.29) is 12.1 Å². The molecule has 2 amide bonds. The topological polar surface area (TPSA) is 44.4 Å². The van der Waals surface area contributed by atoms with E-state index in [9.17, 15) is 13.6 Å². The minimum atomic E-state index is -0.610. The molecule has 2 N–H and O–H groups in total. The van der Waals surface area contributed by atoms with Crippen molar-refractivity contribution in [1.82, 2.24) is 10.2 Å². The molecule has 0 atom stereocenters. The first-order chi connectivity index (χ1) is 14.5. The zero-order valence-electron chi connectivity index (χ0n) is 17.3. The van der Waals surface area contributed by atoms with Gasteiger partial charge < -0.3 is 15.5 Å². The van der Waals surface area contributed by atoms with E-state index in [2.05, 4.69) is 10.6 Å². The number of halogens is 2. The summed E-state index contributed by atoms with van der Waals surface area (Å²) in [6.45, 7) is 1.14. The second kappa shape index (κ2) is 9.13. The van der Waals surface area contributed by atoms with E-state index < -0.39 is 11.6 Å². The minimum Gasteiger partial charge on any atom is -0.325 e. The highest BCUT2D eigenvalue weighted by Gasteiger charge is 2.28. The predicted octanol–water partition coefficient (Wildman–Crippen LogP) is 5.41. The first-order valence-corrected chi connectivity index (χ1v) is 10.8. The monoisotopic (exact) mass is 413 g/mol. The van der Waals surface area contributed by atoms with Crippen molar-refractivity contribution >= 4 is 11.7 Å². The molecule has 0 bridgehead atoms. The Morgan fingerprint density at radius 3 is 2.17 bits per heavy atom. The zero-order valence-corrected chi connectivity index (χ0v) is 17.3. The molecule has 2 fully saturated rings. The van der Waals surface area contributed by atoms with E-state index >= 15 is 0 Å². The number of rotatable bonds is 6. The van der Waals surface area contributed by atoms with Crippen molar-refractivity contribution in [3.05, 3.63) is 54.1 Å². The average molecular weight is 414 g/mol. The summed E-state index contributed by atoms with van der Waals surface area (Å²) in [6, 6.07) is 11.1. The fourth-order valence-corrected chi connectivity index (χ4v) is 4.17. The predicted molar refractivity (Wildman–Crippen MR) is 115 cm³/mol. The molecule has 2 aromatic rings. The summed E-state index contributed by atoms with van der Waals surface area (Å²) in [5, 5.41) is 6.59. The van der Waals surface area contributed by atoms with Gasteiger partial charge in [0.1, 0.15) is 11.6 Å². The molecule has 160 valence electrons. The van der Waals surface area contributed by atoms with Crippen LogP contribution < -0.4 is 10.6 Å². The third-order valence-electron chi connectivity index (χ3n) is 6.29. The van der Waals surface area contributed by atoms with Crippen LogP contribution in [-0.4, -0.2) is 36.6 Å². The average Bonchev–Trinajstić information content (AvgIpc) is 3.56. The van der Waals surface area contributed by atoms with Crippen LogP contribution in [0.25, 0.3) is 11.1 Å². The molecule has 0 heterocycles. The van der Waals surface area contributed by atoms with Crippen molar-refractivity contribution in [3.63, 3.8) is 0 Å². The standard InChI is InChI=1S/C24H29F2N3O/c1-29(23-10-8-21(9-11-23)27-15-16-2-3-16)24(30)28-22-6-4-17(5-7-22)18-12-19(25)14-20(26)13-18/h4-7,12-14,16,21,23,27H,2-3,8-11,15H2,1H3,(H,28,30). The fourth-order valence-electron chi connectivity index (χ4n) is 4.17. The van der Waals surface area contributed by atoms with E-state index in [4.69, 9.17) is 0 Å². The molecule has 2 saturated carbocycles. The van der Waals surface area contributed by atoms with Gasteiger partial charge in [-0.1, -0.05) is 12.1 Å². The van der Waals surface area contributed by atoms with Crippen LogP contribution in [0.2, 0.25) is 0 Å². The second-order valence-electron chi connectivity index (χ2n) is 8.63. The number of hydrogen-bond donors (Lipinski definition) is 2. The number of hydrogen-bond acceptors (Lipinski definition) is 2. The summed E-state index contributed by atoms with van der Waals surface area (Å²) in [7, 11) is 1.85. The van der Waals surface area contributed by atoms with Crippen LogP contribution in [0.3, 0.4) is 0 Å². The van der Waals surface area contributed by atoms with Gasteiger partial charge in [0.15, 0.2) is 0 Å². The molecule has 4 nitrogen and oxygen atoms in total. The lowest BCUT2D eigenvalue weighted by molar-refractivity contribution is 0.177. The lowest BCUT2D eigenvalue weighted by atomic mass is 9.90. The maximum Gasteiger partial charge on any atom is 0.321 e. The molecule has 0 unspecified atom stereocenters. The molecular formula is C24H29F2N3O. The van der Waals surface area contributed by atoms with Crippen molar-refractivity contribution in [1.29, 1.82) is 0 Å². The number of nitrogens with one attached hydrogen (secondary N) is 2. The smallest absolute Gasteiger partial charge is 0.321 e. The molecular weight excluding hydrogens is 384 g/mol. The van der Waals surface area contributed by atoms with E-state index in [1.165, 1.54) is 25.0 Å². The quantitative estimate of drug-likeness (QED) is 0.665. The number of carbonyl (C=O) groups excluding carboxylic acids is 1. The highest BCUT2D eigenvalue weighted by molar-refractivity contribution is 5.89. The summed E-state index contributed by atoms with van der Waals surface area (Å²) in [5.74, 6) is -0.328. The maximum atomic E-state index is 13.4. The van der Waals surface area contributed by atoms with Gasteiger partial charge in [-0.25, -0.2) is 13.6 Å². The van der Waals surface area contributed by atoms with Crippen LogP contribution >= 0.6 is 0 Å². The third-order valence-corrected chi connectivity index (χ3v) is 6.29. The van der Waals surface area contributed by atoms with Gasteiger partial charge in [-0.05, 0) is 86.4 Å². The maximum absolute atomic E-state index is 13.4. The number of urea groups is 1. The Morgan fingerprint density at radius 2 is 1.57 bits per heavy atom. The normalized spacial score (nSPS) is 21.3. The van der Waals surface area contributed by atoms with Gasteiger partial charge in [-0.2, -0.15) is 0 Å². The first kappa shape index (κ1) is 20.8. The molecule has 30 heavy (non-hydrogen) atoms. The van der Waals surface area contributed by atoms with E-state index in [1.807, 2.05) is 7.05 Å². The SMILES string of the molecule is CN(C(=O)Nc1ccc(-c2cc(F)cc(F)c2)cc1)C1CCC(NCC2CC2)CC1. The molecule has 0 spiro atoms. The Hall–Kier alpha value is -2.47. The Morgan fingerprint density at radius 1 is 0.933 bits per heavy atom. The molecule has 4 rings (SSSR count). The summed E-state index contributed by atoms with van der Waals surface area (Å²) < 4.78 is 26.9. The number of benzene rings is 2. The van der Waals surface area contributed by atoms with Crippen LogP contribution in [0, 0.1) is 17.6 Å². The van der Waals surface area contributed by atoms with Crippen LogP contribution in [0.4, 0.5) is 19.3 Å². The summed E-state index contributed by atoms with van der Waals surface area (Å²) in [5.41, 5.74) is 1.82. The molecule has 2 aliphatic carbocycles. The number of anilines is 1. The van der Waals surface area contributed by atoms with Crippen LogP contribution in [-0.2, 0) is 0 Å². The second-order valence-corrected chi connectivity index (χ2v) is 8.63. The molecule has 2 aliphatic rings. The fraction of sp³-hybridized carbons (Fsp3) is 0.458. The first-order valence-electron chi connectivity index (χ1n) is 10.8. The lowest BCUT2D eigenvalue weighted by Crippen LogP contribution is -2.45. The van der Waals surface area contributed by atoms with Gasteiger partial charge in [0.05, 0.1) is 0 Å². The lowest BCUT2D eigenvalue weighted by Gasteiger charge is -2.35. The van der Waals surface area contributed by atoms with Gasteiger partial charge in [0, 0.05) is 30.9 Å². The number of amides is 2. The van der Waals surface area contributed by atoms with Crippen molar-refractivity contribution in [3.8, 4) is 11.1 Å². The van der Waals surface area contributed by atoms with Crippen LogP contribution in [0.5, 0.6) is 0 Å². The summed E-state index contributed by atoms with van der Waals surface area (Å²) >= 11 is 0. The number of carbonyl (C=O) groups is 1. The Kier molecular flexibility index (Phi) is 6.32. The molecule has 0 aromatic heterocycles. The Bertz CT molecular complexity index is 854. The molecule has 0 aliphatic heterocycles. The van der Waals surface area contributed by atoms with Gasteiger partial charge in [-0.3, -0.25) is 0 Å². The molecule has 6 heteroatoms. The summed E-state index contributed by atoms with van der Waals surface area (Å²) in [4.78, 5) is 14.5. The third kappa shape index (κ3) is 5.36. The zero-order chi connectivity index (χ0) is 21.1. The van der Waals surface area contributed by atoms with Gasteiger partial charge in [0.25, 0.3) is 0 Å². The minimum absolute atomic E-state index is 0.131. The van der Waals surface area contributed by atoms with Gasteiger partial charge in [-0.15, -0.1) is 0 Å². The molecule has 0 saturated heterocycles. The van der Waals surface area contributed by atoms with Gasteiger partial charge in [0.2, 0.25) is 0 Å². The van der Waals surface area contributed by atoms with E-state index in [0.29, 0.717) is 22.9 Å². The van der Waals surface area contributed by atoms with Crippen LogP contribution in [0.1, 0.15) is 38.5 Å². The van der Waals surface area contributed by atoms with Crippen molar-refractivity contribution < 1.29 is 13.6 Å². The highest BCUT2D eigenvalue weighted by Crippen LogP contribution is 2.29. The van der Waals surface area contributed by atoms with Crippen LogP contribution in [0.15, 0.2) is 42.5 Å². The molecule has 2 aromatic carbocycles. The van der Waals surface area contributed by atoms with Gasteiger partial charge >= 0.3 is 6.03 Å².